The van der Waals surface area contributed by atoms with E-state index in [9.17, 15) is 0 Å². The summed E-state index contributed by atoms with van der Waals surface area (Å²) >= 11 is 2.11. The van der Waals surface area contributed by atoms with Gasteiger partial charge < -0.3 is 11.1 Å². The zero-order valence-corrected chi connectivity index (χ0v) is 12.3. The van der Waals surface area contributed by atoms with E-state index in [0.29, 0.717) is 18.0 Å². The molecular formula is C14H28N2S. The van der Waals surface area contributed by atoms with Crippen LogP contribution in [0.15, 0.2) is 12.2 Å². The van der Waals surface area contributed by atoms with Gasteiger partial charge in [0.2, 0.25) is 0 Å². The molecule has 0 spiro atoms. The summed E-state index contributed by atoms with van der Waals surface area (Å²) in [5.41, 5.74) is 5.94. The van der Waals surface area contributed by atoms with Gasteiger partial charge in [-0.3, -0.25) is 0 Å². The maximum Gasteiger partial charge on any atom is 0.00989 e. The Balaban J connectivity index is 2.54. The van der Waals surface area contributed by atoms with Crippen LogP contribution in [0.3, 0.4) is 0 Å². The molecule has 0 bridgehead atoms. The Labute approximate surface area is 111 Å². The lowest BCUT2D eigenvalue weighted by Crippen LogP contribution is -2.28. The quantitative estimate of drug-likeness (QED) is 0.763. The molecule has 1 aliphatic rings. The van der Waals surface area contributed by atoms with Crippen molar-refractivity contribution in [1.82, 2.24) is 5.32 Å². The van der Waals surface area contributed by atoms with Gasteiger partial charge in [0.1, 0.15) is 0 Å². The molecule has 3 heteroatoms. The van der Waals surface area contributed by atoms with Crippen molar-refractivity contribution < 1.29 is 0 Å². The number of rotatable bonds is 3. The van der Waals surface area contributed by atoms with Crippen LogP contribution in [0.5, 0.6) is 0 Å². The number of thioether (sulfide) groups is 1. The summed E-state index contributed by atoms with van der Waals surface area (Å²) in [6.07, 6.45) is 9.58. The summed E-state index contributed by atoms with van der Waals surface area (Å²) in [5.74, 6) is 1.92. The van der Waals surface area contributed by atoms with E-state index in [0.717, 1.165) is 18.1 Å². The summed E-state index contributed by atoms with van der Waals surface area (Å²) in [5, 5.41) is 4.15. The second kappa shape index (κ2) is 8.17. The van der Waals surface area contributed by atoms with E-state index < -0.39 is 0 Å². The van der Waals surface area contributed by atoms with Crippen molar-refractivity contribution in [3.05, 3.63) is 12.2 Å². The Kier molecular flexibility index (Phi) is 7.24. The van der Waals surface area contributed by atoms with Crippen LogP contribution in [-0.2, 0) is 0 Å². The number of nitrogens with two attached hydrogens (primary N) is 1. The summed E-state index contributed by atoms with van der Waals surface area (Å²) in [7, 11) is 2.07. The minimum Gasteiger partial charge on any atom is -0.328 e. The molecule has 0 aromatic carbocycles. The Bertz CT molecular complexity index is 228. The second-order valence-electron chi connectivity index (χ2n) is 5.37. The molecule has 0 radical (unpaired) electrons. The van der Waals surface area contributed by atoms with Crippen molar-refractivity contribution in [2.45, 2.75) is 56.9 Å². The second-order valence-corrected chi connectivity index (χ2v) is 6.71. The van der Waals surface area contributed by atoms with E-state index in [1.165, 1.54) is 18.6 Å². The van der Waals surface area contributed by atoms with Crippen LogP contribution in [0, 0.1) is 5.92 Å². The predicted molar refractivity (Wildman–Crippen MR) is 79.5 cm³/mol. The fourth-order valence-corrected chi connectivity index (χ4v) is 3.70. The van der Waals surface area contributed by atoms with Crippen molar-refractivity contribution in [2.75, 3.05) is 12.8 Å². The van der Waals surface area contributed by atoms with E-state index in [1.807, 2.05) is 0 Å². The SMILES string of the molecule is CNC1C/C=C/C(C)CSC(CC(C)N)CC1. The van der Waals surface area contributed by atoms with Gasteiger partial charge in [-0.05, 0) is 51.3 Å². The predicted octanol–water partition coefficient (Wildman–Crippen LogP) is 2.79. The molecule has 1 rings (SSSR count). The average molecular weight is 256 g/mol. The number of hydrogen-bond acceptors (Lipinski definition) is 3. The van der Waals surface area contributed by atoms with E-state index >= 15 is 0 Å². The zero-order chi connectivity index (χ0) is 12.7. The molecule has 3 N–H and O–H groups in total. The van der Waals surface area contributed by atoms with Gasteiger partial charge in [0.15, 0.2) is 0 Å². The number of nitrogens with one attached hydrogen (secondary N) is 1. The first-order valence-corrected chi connectivity index (χ1v) is 7.87. The molecule has 2 nitrogen and oxygen atoms in total. The first kappa shape index (κ1) is 15.1. The fraction of sp³-hybridized carbons (Fsp3) is 0.857. The Morgan fingerprint density at radius 2 is 2.24 bits per heavy atom. The van der Waals surface area contributed by atoms with Gasteiger partial charge in [0.25, 0.3) is 0 Å². The van der Waals surface area contributed by atoms with Crippen LogP contribution in [0.1, 0.15) is 39.5 Å². The molecule has 0 aliphatic carbocycles. The fourth-order valence-electron chi connectivity index (χ4n) is 2.27. The topological polar surface area (TPSA) is 38.0 Å². The van der Waals surface area contributed by atoms with Crippen LogP contribution in [0.4, 0.5) is 0 Å². The van der Waals surface area contributed by atoms with Crippen molar-refractivity contribution in [3.63, 3.8) is 0 Å². The number of allylic oxidation sites excluding steroid dienone is 1. The van der Waals surface area contributed by atoms with E-state index in [2.05, 4.69) is 50.1 Å². The average Bonchev–Trinajstić information content (AvgIpc) is 2.29. The Hall–Kier alpha value is 0.01000. The van der Waals surface area contributed by atoms with Crippen LogP contribution in [-0.4, -0.2) is 30.1 Å². The van der Waals surface area contributed by atoms with Crippen LogP contribution in [0.2, 0.25) is 0 Å². The molecule has 4 atom stereocenters. The van der Waals surface area contributed by atoms with Gasteiger partial charge in [-0.25, -0.2) is 0 Å². The minimum absolute atomic E-state index is 0.328. The molecule has 0 saturated carbocycles. The monoisotopic (exact) mass is 256 g/mol. The molecule has 0 aromatic heterocycles. The standard InChI is InChI=1S/C14H28N2S/c1-11-5-4-6-13(16-3)7-8-14(17-10-11)9-12(2)15/h4-5,11-14,16H,6-10,15H2,1-3H3/b5-4+. The summed E-state index contributed by atoms with van der Waals surface area (Å²) in [4.78, 5) is 0. The summed E-state index contributed by atoms with van der Waals surface area (Å²) in [6.45, 7) is 4.43. The third-order valence-electron chi connectivity index (χ3n) is 3.36. The third kappa shape index (κ3) is 6.49. The maximum atomic E-state index is 5.94. The first-order valence-electron chi connectivity index (χ1n) is 6.83. The highest BCUT2D eigenvalue weighted by molar-refractivity contribution is 7.99. The van der Waals surface area contributed by atoms with Gasteiger partial charge in [-0.1, -0.05) is 19.1 Å². The van der Waals surface area contributed by atoms with Gasteiger partial charge in [-0.15, -0.1) is 0 Å². The van der Waals surface area contributed by atoms with E-state index in [4.69, 9.17) is 5.73 Å². The Morgan fingerprint density at radius 1 is 1.47 bits per heavy atom. The van der Waals surface area contributed by atoms with Gasteiger partial charge in [-0.2, -0.15) is 11.8 Å². The summed E-state index contributed by atoms with van der Waals surface area (Å²) < 4.78 is 0. The van der Waals surface area contributed by atoms with Crippen molar-refractivity contribution in [2.24, 2.45) is 11.7 Å². The number of hydrogen-bond donors (Lipinski definition) is 2. The Morgan fingerprint density at radius 3 is 2.88 bits per heavy atom. The largest absolute Gasteiger partial charge is 0.328 e. The highest BCUT2D eigenvalue weighted by atomic mass is 32.2. The lowest BCUT2D eigenvalue weighted by Gasteiger charge is -2.24. The van der Waals surface area contributed by atoms with Gasteiger partial charge in [0.05, 0.1) is 0 Å². The highest BCUT2D eigenvalue weighted by Crippen LogP contribution is 2.26. The third-order valence-corrected chi connectivity index (χ3v) is 4.98. The normalized spacial score (nSPS) is 35.2. The highest BCUT2D eigenvalue weighted by Gasteiger charge is 2.16. The van der Waals surface area contributed by atoms with Gasteiger partial charge >= 0.3 is 0 Å². The van der Waals surface area contributed by atoms with Crippen molar-refractivity contribution in [1.29, 1.82) is 0 Å². The van der Waals surface area contributed by atoms with E-state index in [1.54, 1.807) is 0 Å². The van der Waals surface area contributed by atoms with Gasteiger partial charge in [0, 0.05) is 17.3 Å². The molecule has 100 valence electrons. The molecular weight excluding hydrogens is 228 g/mol. The molecule has 1 heterocycles. The smallest absolute Gasteiger partial charge is 0.00989 e. The molecule has 0 saturated heterocycles. The maximum absolute atomic E-state index is 5.94. The lowest BCUT2D eigenvalue weighted by molar-refractivity contribution is 0.485. The summed E-state index contributed by atoms with van der Waals surface area (Å²) in [6, 6.07) is 0.960. The van der Waals surface area contributed by atoms with Crippen molar-refractivity contribution in [3.8, 4) is 0 Å². The zero-order valence-electron chi connectivity index (χ0n) is 11.5. The molecule has 0 fully saturated rings. The molecule has 1 aliphatic heterocycles. The molecule has 17 heavy (non-hydrogen) atoms. The van der Waals surface area contributed by atoms with Crippen LogP contribution >= 0.6 is 11.8 Å². The minimum atomic E-state index is 0.328. The molecule has 0 amide bonds. The lowest BCUT2D eigenvalue weighted by atomic mass is 10.0. The van der Waals surface area contributed by atoms with E-state index in [-0.39, 0.29) is 0 Å². The van der Waals surface area contributed by atoms with Crippen LogP contribution < -0.4 is 11.1 Å². The molecule has 4 unspecified atom stereocenters. The first-order chi connectivity index (χ1) is 8.11. The van der Waals surface area contributed by atoms with Crippen LogP contribution in [0.25, 0.3) is 0 Å². The molecule has 0 aromatic rings. The van der Waals surface area contributed by atoms with Crippen molar-refractivity contribution >= 4 is 11.8 Å².